The lowest BCUT2D eigenvalue weighted by Crippen LogP contribution is -2.38. The van der Waals surface area contributed by atoms with Gasteiger partial charge in [0.15, 0.2) is 6.10 Å². The minimum absolute atomic E-state index is 0.0890. The minimum Gasteiger partial charge on any atom is -0.507 e. The number of carbonyl (C=O) groups excluding carboxylic acids is 2. The van der Waals surface area contributed by atoms with Gasteiger partial charge in [0.05, 0.1) is 0 Å². The SMILES string of the molecule is Cc1ccc(O)c(C(=O)O[C@H](C)C(=O)N2CCCC2)c1. The number of ether oxygens (including phenoxy) is 1. The standard InChI is InChI=1S/C15H19NO4/c1-10-5-6-13(17)12(9-10)15(19)20-11(2)14(18)16-7-3-4-8-16/h5-6,9,11,17H,3-4,7-8H2,1-2H3/t11-/m1/s1. The molecule has 1 aliphatic heterocycles. The molecule has 1 aliphatic rings. The Morgan fingerprint density at radius 3 is 2.60 bits per heavy atom. The van der Waals surface area contributed by atoms with E-state index in [1.807, 2.05) is 6.92 Å². The van der Waals surface area contributed by atoms with Gasteiger partial charge in [-0.3, -0.25) is 4.79 Å². The predicted molar refractivity (Wildman–Crippen MR) is 73.5 cm³/mol. The van der Waals surface area contributed by atoms with E-state index in [9.17, 15) is 14.7 Å². The van der Waals surface area contributed by atoms with E-state index in [2.05, 4.69) is 0 Å². The van der Waals surface area contributed by atoms with Crippen molar-refractivity contribution in [2.24, 2.45) is 0 Å². The predicted octanol–water partition coefficient (Wildman–Crippen LogP) is 1.87. The van der Waals surface area contributed by atoms with Crippen LogP contribution < -0.4 is 0 Å². The van der Waals surface area contributed by atoms with Crippen LogP contribution in [0.3, 0.4) is 0 Å². The Labute approximate surface area is 118 Å². The maximum atomic E-state index is 12.1. The zero-order chi connectivity index (χ0) is 14.7. The van der Waals surface area contributed by atoms with Crippen LogP contribution in [0, 0.1) is 6.92 Å². The molecular weight excluding hydrogens is 258 g/mol. The smallest absolute Gasteiger partial charge is 0.342 e. The van der Waals surface area contributed by atoms with Crippen molar-refractivity contribution in [3.8, 4) is 5.75 Å². The summed E-state index contributed by atoms with van der Waals surface area (Å²) in [4.78, 5) is 25.7. The Balaban J connectivity index is 2.03. The third-order valence-electron chi connectivity index (χ3n) is 3.42. The number of hydrogen-bond donors (Lipinski definition) is 1. The quantitative estimate of drug-likeness (QED) is 0.856. The number of aromatic hydroxyl groups is 1. The number of hydrogen-bond acceptors (Lipinski definition) is 4. The first-order valence-electron chi connectivity index (χ1n) is 6.78. The van der Waals surface area contributed by atoms with E-state index in [1.54, 1.807) is 24.0 Å². The molecule has 5 heteroatoms. The second-order valence-corrected chi connectivity index (χ2v) is 5.10. The van der Waals surface area contributed by atoms with Crippen LogP contribution in [0.5, 0.6) is 5.75 Å². The van der Waals surface area contributed by atoms with Crippen LogP contribution in [0.25, 0.3) is 0 Å². The van der Waals surface area contributed by atoms with Crippen LogP contribution in [0.15, 0.2) is 18.2 Å². The highest BCUT2D eigenvalue weighted by Crippen LogP contribution is 2.20. The maximum Gasteiger partial charge on any atom is 0.342 e. The average molecular weight is 277 g/mol. The van der Waals surface area contributed by atoms with E-state index in [1.165, 1.54) is 6.07 Å². The lowest BCUT2D eigenvalue weighted by Gasteiger charge is -2.20. The van der Waals surface area contributed by atoms with Gasteiger partial charge in [-0.15, -0.1) is 0 Å². The van der Waals surface area contributed by atoms with Crippen molar-refractivity contribution < 1.29 is 19.4 Å². The van der Waals surface area contributed by atoms with Crippen molar-refractivity contribution in [2.75, 3.05) is 13.1 Å². The van der Waals surface area contributed by atoms with Crippen LogP contribution >= 0.6 is 0 Å². The molecule has 0 aliphatic carbocycles. The molecule has 0 radical (unpaired) electrons. The van der Waals surface area contributed by atoms with Crippen molar-refractivity contribution in [2.45, 2.75) is 32.8 Å². The van der Waals surface area contributed by atoms with E-state index in [0.717, 1.165) is 31.5 Å². The molecule has 2 rings (SSSR count). The molecule has 5 nitrogen and oxygen atoms in total. The van der Waals surface area contributed by atoms with Crippen molar-refractivity contribution >= 4 is 11.9 Å². The van der Waals surface area contributed by atoms with Gasteiger partial charge in [-0.05, 0) is 38.8 Å². The van der Waals surface area contributed by atoms with Crippen LogP contribution in [0.2, 0.25) is 0 Å². The van der Waals surface area contributed by atoms with Gasteiger partial charge in [0.25, 0.3) is 5.91 Å². The number of likely N-dealkylation sites (tertiary alicyclic amines) is 1. The Morgan fingerprint density at radius 1 is 1.30 bits per heavy atom. The second kappa shape index (κ2) is 5.94. The highest BCUT2D eigenvalue weighted by molar-refractivity contribution is 5.94. The van der Waals surface area contributed by atoms with Gasteiger partial charge in [0.1, 0.15) is 11.3 Å². The second-order valence-electron chi connectivity index (χ2n) is 5.10. The third-order valence-corrected chi connectivity index (χ3v) is 3.42. The molecule has 1 aromatic carbocycles. The lowest BCUT2D eigenvalue weighted by molar-refractivity contribution is -0.138. The van der Waals surface area contributed by atoms with Gasteiger partial charge >= 0.3 is 5.97 Å². The fourth-order valence-electron chi connectivity index (χ4n) is 2.28. The fraction of sp³-hybridized carbons (Fsp3) is 0.467. The van der Waals surface area contributed by atoms with Crippen LogP contribution in [0.4, 0.5) is 0 Å². The molecule has 1 saturated heterocycles. The van der Waals surface area contributed by atoms with Crippen LogP contribution in [0.1, 0.15) is 35.7 Å². The molecule has 0 bridgehead atoms. The summed E-state index contributed by atoms with van der Waals surface area (Å²) in [5.74, 6) is -0.990. The Hall–Kier alpha value is -2.04. The average Bonchev–Trinajstić information content (AvgIpc) is 2.94. The molecule has 1 heterocycles. The van der Waals surface area contributed by atoms with Gasteiger partial charge in [-0.25, -0.2) is 4.79 Å². The Morgan fingerprint density at radius 2 is 1.95 bits per heavy atom. The topological polar surface area (TPSA) is 66.8 Å². The van der Waals surface area contributed by atoms with E-state index in [4.69, 9.17) is 4.74 Å². The van der Waals surface area contributed by atoms with Gasteiger partial charge in [0.2, 0.25) is 0 Å². The van der Waals surface area contributed by atoms with Gasteiger partial charge in [0, 0.05) is 13.1 Å². The van der Waals surface area contributed by atoms with E-state index in [-0.39, 0.29) is 17.2 Å². The summed E-state index contributed by atoms with van der Waals surface area (Å²) in [6.45, 7) is 4.81. The van der Waals surface area contributed by atoms with Crippen molar-refractivity contribution in [1.82, 2.24) is 4.90 Å². The number of phenolic OH excluding ortho intramolecular Hbond substituents is 1. The first-order chi connectivity index (χ1) is 9.49. The largest absolute Gasteiger partial charge is 0.507 e. The maximum absolute atomic E-state index is 12.1. The molecule has 0 unspecified atom stereocenters. The van der Waals surface area contributed by atoms with Gasteiger partial charge in [-0.2, -0.15) is 0 Å². The summed E-state index contributed by atoms with van der Waals surface area (Å²) in [6.07, 6.45) is 1.15. The molecule has 0 spiro atoms. The number of aryl methyl sites for hydroxylation is 1. The number of phenols is 1. The first kappa shape index (κ1) is 14.4. The highest BCUT2D eigenvalue weighted by Gasteiger charge is 2.27. The normalized spacial score (nSPS) is 16.0. The number of benzene rings is 1. The summed E-state index contributed by atoms with van der Waals surface area (Å²) in [5.41, 5.74) is 0.930. The highest BCUT2D eigenvalue weighted by atomic mass is 16.5. The van der Waals surface area contributed by atoms with E-state index < -0.39 is 12.1 Å². The lowest BCUT2D eigenvalue weighted by atomic mass is 10.1. The fourth-order valence-corrected chi connectivity index (χ4v) is 2.28. The number of rotatable bonds is 3. The van der Waals surface area contributed by atoms with Crippen molar-refractivity contribution in [3.05, 3.63) is 29.3 Å². The van der Waals surface area contributed by atoms with E-state index >= 15 is 0 Å². The van der Waals surface area contributed by atoms with Gasteiger partial charge < -0.3 is 14.7 Å². The summed E-state index contributed by atoms with van der Waals surface area (Å²) in [5, 5.41) is 9.67. The van der Waals surface area contributed by atoms with Gasteiger partial charge in [-0.1, -0.05) is 11.6 Å². The molecule has 1 atom stereocenters. The molecule has 1 aromatic rings. The summed E-state index contributed by atoms with van der Waals surface area (Å²) >= 11 is 0. The van der Waals surface area contributed by atoms with Crippen LogP contribution in [-0.4, -0.2) is 41.1 Å². The Bertz CT molecular complexity index is 521. The molecule has 1 N–H and O–H groups in total. The minimum atomic E-state index is -0.833. The molecular formula is C15H19NO4. The molecule has 108 valence electrons. The molecule has 0 aromatic heterocycles. The van der Waals surface area contributed by atoms with E-state index in [0.29, 0.717) is 0 Å². The zero-order valence-corrected chi connectivity index (χ0v) is 11.8. The number of nitrogens with zero attached hydrogens (tertiary/aromatic N) is 1. The summed E-state index contributed by atoms with van der Waals surface area (Å²) < 4.78 is 5.16. The number of esters is 1. The monoisotopic (exact) mass is 277 g/mol. The number of amides is 1. The first-order valence-corrected chi connectivity index (χ1v) is 6.78. The summed E-state index contributed by atoms with van der Waals surface area (Å²) in [7, 11) is 0. The Kier molecular flexibility index (Phi) is 4.27. The molecule has 0 saturated carbocycles. The molecule has 20 heavy (non-hydrogen) atoms. The number of carbonyl (C=O) groups is 2. The molecule has 1 amide bonds. The summed E-state index contributed by atoms with van der Waals surface area (Å²) in [6, 6.07) is 4.69. The zero-order valence-electron chi connectivity index (χ0n) is 11.8. The third kappa shape index (κ3) is 3.10. The van der Waals surface area contributed by atoms with Crippen LogP contribution in [-0.2, 0) is 9.53 Å². The van der Waals surface area contributed by atoms with Crippen molar-refractivity contribution in [3.63, 3.8) is 0 Å². The molecule has 1 fully saturated rings. The van der Waals surface area contributed by atoms with Crippen molar-refractivity contribution in [1.29, 1.82) is 0 Å².